The molecule has 14 heteroatoms. The zero-order valence-corrected chi connectivity index (χ0v) is 21.7. The third-order valence-electron chi connectivity index (χ3n) is 6.94. The summed E-state index contributed by atoms with van der Waals surface area (Å²) >= 11 is 0. The fourth-order valence-electron chi connectivity index (χ4n) is 4.55. The number of carbonyl (C=O) groups excluding carboxylic acids is 3. The third-order valence-corrected chi connectivity index (χ3v) is 6.94. The van der Waals surface area contributed by atoms with Crippen LogP contribution in [0, 0.1) is 23.3 Å². The van der Waals surface area contributed by atoms with E-state index in [4.69, 9.17) is 4.84 Å². The average molecular weight is 580 g/mol. The molecule has 0 aliphatic carbocycles. The number of hydrogen-bond donors (Lipinski definition) is 2. The van der Waals surface area contributed by atoms with Gasteiger partial charge in [-0.25, -0.2) is 8.78 Å². The van der Waals surface area contributed by atoms with E-state index in [1.807, 2.05) is 24.3 Å². The van der Waals surface area contributed by atoms with Crippen LogP contribution in [-0.4, -0.2) is 64.1 Å². The summed E-state index contributed by atoms with van der Waals surface area (Å²) in [5.41, 5.74) is 0.309. The number of nitrogens with zero attached hydrogens (tertiary/aromatic N) is 2. The number of benzene rings is 2. The molecule has 10 nitrogen and oxygen atoms in total. The molecule has 4 rings (SSSR count). The number of ketones is 1. The number of Topliss-reactive ketones (excluding diaryl/α,β-unsaturated/α-hetero) is 1. The Kier molecular flexibility index (Phi) is 8.59. The standard InChI is InChI=1S/C27H25F4N3O7/c1-2-27(11-19(33-41-27)25(38)34-8-7-14-5-3-4-6-15(14)12-34)26(39)32-18(10-21(36)37)20(35)13-40-24-22(30)16(28)9-17(29)23(24)31/h3-6,9,18H,2,7-8,10-13H2,1H3,(H,32,39)(H,36,37)/t18-,27?/m0/s1. The lowest BCUT2D eigenvalue weighted by atomic mass is 9.91. The minimum Gasteiger partial charge on any atom is -0.481 e. The van der Waals surface area contributed by atoms with E-state index in [1.165, 1.54) is 0 Å². The van der Waals surface area contributed by atoms with Gasteiger partial charge >= 0.3 is 5.97 Å². The number of ether oxygens (including phenoxy) is 1. The Balaban J connectivity index is 1.43. The van der Waals surface area contributed by atoms with Gasteiger partial charge in [0.2, 0.25) is 17.2 Å². The highest BCUT2D eigenvalue weighted by Crippen LogP contribution is 2.30. The van der Waals surface area contributed by atoms with Crippen molar-refractivity contribution in [2.24, 2.45) is 5.16 Å². The molecule has 0 radical (unpaired) electrons. The van der Waals surface area contributed by atoms with Crippen LogP contribution in [0.25, 0.3) is 0 Å². The van der Waals surface area contributed by atoms with Gasteiger partial charge in [0.05, 0.1) is 12.8 Å². The van der Waals surface area contributed by atoms with Crippen LogP contribution in [0.1, 0.15) is 37.3 Å². The van der Waals surface area contributed by atoms with E-state index in [0.717, 1.165) is 11.1 Å². The molecule has 0 spiro atoms. The number of hydrogen-bond acceptors (Lipinski definition) is 7. The van der Waals surface area contributed by atoms with Crippen molar-refractivity contribution in [1.29, 1.82) is 0 Å². The van der Waals surface area contributed by atoms with Crippen LogP contribution in [-0.2, 0) is 37.0 Å². The second kappa shape index (κ2) is 11.9. The van der Waals surface area contributed by atoms with Gasteiger partial charge in [0, 0.05) is 19.2 Å². The maximum atomic E-state index is 13.9. The second-order valence-electron chi connectivity index (χ2n) is 9.58. The predicted molar refractivity (Wildman–Crippen MR) is 133 cm³/mol. The normalized spacial score (nSPS) is 18.6. The lowest BCUT2D eigenvalue weighted by molar-refractivity contribution is -0.148. The highest BCUT2D eigenvalue weighted by atomic mass is 19.2. The van der Waals surface area contributed by atoms with Crippen molar-refractivity contribution in [1.82, 2.24) is 10.2 Å². The molecule has 0 bridgehead atoms. The van der Waals surface area contributed by atoms with Crippen molar-refractivity contribution in [3.8, 4) is 5.75 Å². The summed E-state index contributed by atoms with van der Waals surface area (Å²) in [6.07, 6.45) is -0.621. The summed E-state index contributed by atoms with van der Waals surface area (Å²) in [4.78, 5) is 57.4. The van der Waals surface area contributed by atoms with Crippen molar-refractivity contribution in [2.75, 3.05) is 13.2 Å². The smallest absolute Gasteiger partial charge is 0.305 e. The zero-order chi connectivity index (χ0) is 29.9. The number of halogens is 4. The number of carboxylic acid groups (broad SMARTS) is 1. The molecule has 2 heterocycles. The van der Waals surface area contributed by atoms with E-state index in [2.05, 4.69) is 15.2 Å². The molecule has 0 saturated heterocycles. The van der Waals surface area contributed by atoms with Gasteiger partial charge in [0.25, 0.3) is 11.8 Å². The highest BCUT2D eigenvalue weighted by molar-refractivity contribution is 6.39. The Labute approximate surface area is 230 Å². The van der Waals surface area contributed by atoms with E-state index in [0.29, 0.717) is 19.5 Å². The SMILES string of the molecule is CCC1(C(=O)N[C@@H](CC(=O)O)C(=O)COc2c(F)c(F)cc(F)c2F)CC(C(=O)N2CCc3ccccc3C2)=NO1. The molecule has 0 saturated carbocycles. The number of oxime groups is 1. The van der Waals surface area contributed by atoms with Gasteiger partial charge in [-0.1, -0.05) is 36.3 Å². The number of nitrogens with one attached hydrogen (secondary N) is 1. The Morgan fingerprint density at radius 1 is 1.12 bits per heavy atom. The van der Waals surface area contributed by atoms with Gasteiger partial charge < -0.3 is 24.9 Å². The zero-order valence-electron chi connectivity index (χ0n) is 21.7. The van der Waals surface area contributed by atoms with Crippen molar-refractivity contribution < 1.29 is 51.4 Å². The van der Waals surface area contributed by atoms with Crippen molar-refractivity contribution >= 4 is 29.3 Å². The van der Waals surface area contributed by atoms with Crippen molar-refractivity contribution in [3.63, 3.8) is 0 Å². The molecule has 41 heavy (non-hydrogen) atoms. The molecule has 2 amide bonds. The fraction of sp³-hybridized carbons (Fsp3) is 0.370. The monoisotopic (exact) mass is 579 g/mol. The largest absolute Gasteiger partial charge is 0.481 e. The Bertz CT molecular complexity index is 1410. The first kappa shape index (κ1) is 29.5. The summed E-state index contributed by atoms with van der Waals surface area (Å²) in [5, 5.41) is 15.3. The van der Waals surface area contributed by atoms with E-state index in [9.17, 15) is 41.8 Å². The van der Waals surface area contributed by atoms with E-state index < -0.39 is 77.3 Å². The number of amides is 2. The van der Waals surface area contributed by atoms with Gasteiger partial charge in [-0.15, -0.1) is 0 Å². The third kappa shape index (κ3) is 6.15. The fourth-order valence-corrected chi connectivity index (χ4v) is 4.55. The van der Waals surface area contributed by atoms with Crippen LogP contribution >= 0.6 is 0 Å². The molecular weight excluding hydrogens is 554 g/mol. The lowest BCUT2D eigenvalue weighted by Gasteiger charge is -2.29. The van der Waals surface area contributed by atoms with Crippen molar-refractivity contribution in [3.05, 3.63) is 64.7 Å². The molecule has 2 aromatic carbocycles. The minimum absolute atomic E-state index is 0.0224. The first-order valence-corrected chi connectivity index (χ1v) is 12.6. The van der Waals surface area contributed by atoms with Crippen LogP contribution in [0.3, 0.4) is 0 Å². The number of rotatable bonds is 10. The maximum absolute atomic E-state index is 13.9. The van der Waals surface area contributed by atoms with Gasteiger partial charge in [-0.05, 0) is 24.0 Å². The number of fused-ring (bicyclic) bond motifs is 1. The van der Waals surface area contributed by atoms with E-state index in [-0.39, 0.29) is 24.6 Å². The molecule has 2 N–H and O–H groups in total. The summed E-state index contributed by atoms with van der Waals surface area (Å²) in [6, 6.07) is 5.81. The molecule has 2 aliphatic heterocycles. The predicted octanol–water partition coefficient (Wildman–Crippen LogP) is 2.66. The van der Waals surface area contributed by atoms with Crippen LogP contribution in [0.4, 0.5) is 17.6 Å². The van der Waals surface area contributed by atoms with Crippen LogP contribution in [0.2, 0.25) is 0 Å². The Morgan fingerprint density at radius 2 is 1.78 bits per heavy atom. The number of carboxylic acids is 1. The van der Waals surface area contributed by atoms with Crippen LogP contribution in [0.5, 0.6) is 5.75 Å². The van der Waals surface area contributed by atoms with Crippen LogP contribution < -0.4 is 10.1 Å². The minimum atomic E-state index is -1.90. The molecule has 0 aromatic heterocycles. The first-order chi connectivity index (χ1) is 19.5. The number of carbonyl (C=O) groups is 4. The Hall–Kier alpha value is -4.49. The quantitative estimate of drug-likeness (QED) is 0.327. The molecule has 1 unspecified atom stereocenters. The molecule has 2 atom stereocenters. The average Bonchev–Trinajstić information content (AvgIpc) is 3.41. The van der Waals surface area contributed by atoms with Gasteiger partial charge in [0.1, 0.15) is 18.4 Å². The second-order valence-corrected chi connectivity index (χ2v) is 9.58. The molecule has 2 aromatic rings. The summed E-state index contributed by atoms with van der Waals surface area (Å²) < 4.78 is 59.3. The molecule has 0 fully saturated rings. The summed E-state index contributed by atoms with van der Waals surface area (Å²) in [5.74, 6) is -13.0. The summed E-state index contributed by atoms with van der Waals surface area (Å²) in [6.45, 7) is 1.09. The van der Waals surface area contributed by atoms with Gasteiger partial charge in [-0.3, -0.25) is 19.2 Å². The van der Waals surface area contributed by atoms with Crippen LogP contribution in [0.15, 0.2) is 35.5 Å². The number of aliphatic carboxylic acids is 1. The van der Waals surface area contributed by atoms with E-state index in [1.54, 1.807) is 11.8 Å². The Morgan fingerprint density at radius 3 is 2.41 bits per heavy atom. The first-order valence-electron chi connectivity index (χ1n) is 12.6. The molecule has 218 valence electrons. The van der Waals surface area contributed by atoms with E-state index >= 15 is 0 Å². The summed E-state index contributed by atoms with van der Waals surface area (Å²) in [7, 11) is 0. The molecule has 2 aliphatic rings. The topological polar surface area (TPSA) is 135 Å². The lowest BCUT2D eigenvalue weighted by Crippen LogP contribution is -2.54. The highest BCUT2D eigenvalue weighted by Gasteiger charge is 2.48. The van der Waals surface area contributed by atoms with Crippen molar-refractivity contribution in [2.45, 2.75) is 50.8 Å². The van der Waals surface area contributed by atoms with Gasteiger partial charge in [0.15, 0.2) is 23.2 Å². The van der Waals surface area contributed by atoms with Gasteiger partial charge in [-0.2, -0.15) is 8.78 Å². The molecular formula is C27H25F4N3O7. The maximum Gasteiger partial charge on any atom is 0.305 e.